The van der Waals surface area contributed by atoms with Crippen molar-refractivity contribution in [3.8, 4) is 12.8 Å². The van der Waals surface area contributed by atoms with Crippen molar-refractivity contribution in [2.45, 2.75) is 0 Å². The second-order valence-corrected chi connectivity index (χ2v) is 0. The molecule has 0 aliphatic heterocycles. The van der Waals surface area contributed by atoms with E-state index >= 15 is 0 Å². The fourth-order valence-electron chi connectivity index (χ4n) is 0. The van der Waals surface area contributed by atoms with Gasteiger partial charge in [0.05, 0.1) is 0 Å². The SMILES string of the molecule is C#C.[Se]=[Mo]. The first-order valence-corrected chi connectivity index (χ1v) is 5.46. The fraction of sp³-hybridized carbons (Fsp3) is 0. The van der Waals surface area contributed by atoms with Crippen LogP contribution >= 0.6 is 0 Å². The Morgan fingerprint density at radius 1 is 1.25 bits per heavy atom. The average molecular weight is 201 g/mol. The maximum atomic E-state index is 4.00. The standard InChI is InChI=1S/C2H2.Mo.Se/c1-2;;/h1-2H;;. The van der Waals surface area contributed by atoms with Crippen LogP contribution in [0.5, 0.6) is 0 Å². The van der Waals surface area contributed by atoms with Crippen LogP contribution in [0.3, 0.4) is 0 Å². The molecule has 0 radical (unpaired) electrons. The molecule has 0 aromatic rings. The van der Waals surface area contributed by atoms with Crippen LogP contribution in [-0.4, -0.2) is 12.8 Å². The quantitative estimate of drug-likeness (QED) is 0.378. The molecule has 0 fully saturated rings. The van der Waals surface area contributed by atoms with Crippen LogP contribution in [0.2, 0.25) is 0 Å². The Kier molecular flexibility index (Phi) is 108. The summed E-state index contributed by atoms with van der Waals surface area (Å²) in [6, 6.07) is 0. The van der Waals surface area contributed by atoms with Crippen LogP contribution < -0.4 is 0 Å². The van der Waals surface area contributed by atoms with Gasteiger partial charge in [-0.05, 0) is 0 Å². The molecule has 0 aromatic carbocycles. The molecule has 0 amide bonds. The van der Waals surface area contributed by atoms with Crippen LogP contribution in [0.1, 0.15) is 0 Å². The van der Waals surface area contributed by atoms with Gasteiger partial charge in [-0.15, -0.1) is 12.8 Å². The van der Waals surface area contributed by atoms with Gasteiger partial charge in [-0.3, -0.25) is 0 Å². The summed E-state index contributed by atoms with van der Waals surface area (Å²) in [5, 5.41) is 0. The molecule has 0 aliphatic rings. The zero-order valence-corrected chi connectivity index (χ0v) is 5.69. The first-order chi connectivity index (χ1) is 2.00. The summed E-state index contributed by atoms with van der Waals surface area (Å²) in [5.74, 6) is 0. The molecule has 0 nitrogen and oxygen atoms in total. The molecular weight excluding hydrogens is 199 g/mol. The van der Waals surface area contributed by atoms with Crippen molar-refractivity contribution in [2.24, 2.45) is 0 Å². The molecule has 0 atom stereocenters. The van der Waals surface area contributed by atoms with Gasteiger partial charge in [0, 0.05) is 0 Å². The van der Waals surface area contributed by atoms with Gasteiger partial charge in [0.1, 0.15) is 0 Å². The first kappa shape index (κ1) is 8.84. The molecule has 22 valence electrons. The van der Waals surface area contributed by atoms with Gasteiger partial charge >= 0.3 is 30.0 Å². The van der Waals surface area contributed by atoms with Gasteiger partial charge in [-0.2, -0.15) is 0 Å². The van der Waals surface area contributed by atoms with E-state index in [1.807, 2.05) is 17.2 Å². The van der Waals surface area contributed by atoms with Crippen molar-refractivity contribution in [1.82, 2.24) is 0 Å². The Labute approximate surface area is 42.9 Å². The molecule has 0 saturated carbocycles. The number of terminal acetylenes is 1. The molecule has 0 rings (SSSR count). The van der Waals surface area contributed by atoms with E-state index in [1.54, 1.807) is 0 Å². The van der Waals surface area contributed by atoms with Crippen molar-refractivity contribution in [1.29, 1.82) is 0 Å². The summed E-state index contributed by atoms with van der Waals surface area (Å²) in [6.07, 6.45) is 8.00. The zero-order valence-electron chi connectivity index (χ0n) is 1.97. The van der Waals surface area contributed by atoms with Crippen molar-refractivity contribution in [3.63, 3.8) is 0 Å². The second kappa shape index (κ2) is 49.0. The molecular formula is C2H2MoSe. The minimum atomic E-state index is 1.82. The number of hydrogen-bond acceptors (Lipinski definition) is 0. The molecule has 0 N–H and O–H groups in total. The number of rotatable bonds is 0. The van der Waals surface area contributed by atoms with Gasteiger partial charge < -0.3 is 0 Å². The van der Waals surface area contributed by atoms with Crippen molar-refractivity contribution < 1.29 is 17.2 Å². The van der Waals surface area contributed by atoms with Crippen LogP contribution in [0, 0.1) is 12.8 Å². The van der Waals surface area contributed by atoms with Crippen LogP contribution in [0.4, 0.5) is 0 Å². The van der Waals surface area contributed by atoms with Gasteiger partial charge in [0.15, 0.2) is 0 Å². The van der Waals surface area contributed by atoms with E-state index in [4.69, 9.17) is 0 Å². The topological polar surface area (TPSA) is 0 Å². The first-order valence-electron chi connectivity index (χ1n) is 0.500. The monoisotopic (exact) mass is 204 g/mol. The Bertz CT molecular complexity index is 17.2. The van der Waals surface area contributed by atoms with E-state index in [2.05, 4.69) is 25.7 Å². The Hall–Kier alpha value is 0.768. The van der Waals surface area contributed by atoms with Gasteiger partial charge in [0.2, 0.25) is 0 Å². The van der Waals surface area contributed by atoms with E-state index < -0.39 is 0 Å². The summed E-state index contributed by atoms with van der Waals surface area (Å²) in [4.78, 5) is 0. The summed E-state index contributed by atoms with van der Waals surface area (Å²) in [6.45, 7) is 0. The predicted octanol–water partition coefficient (Wildman–Crippen LogP) is -0.134. The van der Waals surface area contributed by atoms with Crippen molar-refractivity contribution in [3.05, 3.63) is 0 Å². The van der Waals surface area contributed by atoms with Crippen LogP contribution in [0.25, 0.3) is 0 Å². The fourth-order valence-corrected chi connectivity index (χ4v) is 0. The predicted molar refractivity (Wildman–Crippen MR) is 15.6 cm³/mol. The summed E-state index contributed by atoms with van der Waals surface area (Å²) >= 11 is 4.46. The molecule has 2 heteroatoms. The molecule has 0 bridgehead atoms. The molecule has 0 saturated heterocycles. The zero-order chi connectivity index (χ0) is 4.00. The normalized spacial score (nSPS) is 1.50. The summed E-state index contributed by atoms with van der Waals surface area (Å²) < 4.78 is 0. The third kappa shape index (κ3) is 14.7. The van der Waals surface area contributed by atoms with Gasteiger partial charge in [0.25, 0.3) is 0 Å². The molecule has 0 spiro atoms. The van der Waals surface area contributed by atoms with Crippen LogP contribution in [0.15, 0.2) is 0 Å². The maximum absolute atomic E-state index is 4.00. The van der Waals surface area contributed by atoms with E-state index in [9.17, 15) is 0 Å². The third-order valence-electron chi connectivity index (χ3n) is 0. The summed E-state index contributed by atoms with van der Waals surface area (Å²) in [7, 11) is 0. The molecule has 0 aromatic heterocycles. The summed E-state index contributed by atoms with van der Waals surface area (Å²) in [5.41, 5.74) is 0. The Morgan fingerprint density at radius 2 is 1.25 bits per heavy atom. The number of hydrogen-bond donors (Lipinski definition) is 0. The van der Waals surface area contributed by atoms with Gasteiger partial charge in [-0.25, -0.2) is 0 Å². The van der Waals surface area contributed by atoms with Crippen LogP contribution in [-0.2, 0) is 17.2 Å². The molecule has 4 heavy (non-hydrogen) atoms. The van der Waals surface area contributed by atoms with E-state index in [-0.39, 0.29) is 0 Å². The van der Waals surface area contributed by atoms with Crippen molar-refractivity contribution in [2.75, 3.05) is 0 Å². The van der Waals surface area contributed by atoms with E-state index in [0.717, 1.165) is 0 Å². The van der Waals surface area contributed by atoms with Gasteiger partial charge in [-0.1, -0.05) is 0 Å². The minimum absolute atomic E-state index is 1.82. The Morgan fingerprint density at radius 3 is 1.25 bits per heavy atom. The average Bonchev–Trinajstić information content (AvgIpc) is 1.50. The molecule has 0 aliphatic carbocycles. The van der Waals surface area contributed by atoms with E-state index in [0.29, 0.717) is 0 Å². The molecule has 0 heterocycles. The van der Waals surface area contributed by atoms with Crippen molar-refractivity contribution >= 4 is 12.8 Å². The Balaban J connectivity index is 0. The molecule has 0 unspecified atom stereocenters. The third-order valence-corrected chi connectivity index (χ3v) is 0. The second-order valence-electron chi connectivity index (χ2n) is 0. The van der Waals surface area contributed by atoms with E-state index in [1.165, 1.54) is 0 Å².